The van der Waals surface area contributed by atoms with Crippen LogP contribution in [-0.2, 0) is 10.0 Å². The van der Waals surface area contributed by atoms with Crippen LogP contribution in [0, 0.1) is 5.82 Å². The van der Waals surface area contributed by atoms with E-state index in [1.54, 1.807) is 25.1 Å². The van der Waals surface area contributed by atoms with Gasteiger partial charge < -0.3 is 0 Å². The molecular formula is C14H12Cl2FNO2S. The minimum Gasteiger partial charge on any atom is -0.207 e. The van der Waals surface area contributed by atoms with Gasteiger partial charge in [-0.25, -0.2) is 17.5 Å². The molecule has 0 aliphatic carbocycles. The van der Waals surface area contributed by atoms with E-state index in [0.717, 1.165) is 12.1 Å². The Morgan fingerprint density at radius 1 is 1.05 bits per heavy atom. The maximum atomic E-state index is 12.8. The lowest BCUT2D eigenvalue weighted by atomic mass is 10.1. The lowest BCUT2D eigenvalue weighted by Gasteiger charge is -2.15. The molecule has 2 aromatic carbocycles. The van der Waals surface area contributed by atoms with Gasteiger partial charge in [0.15, 0.2) is 0 Å². The molecule has 0 aromatic heterocycles. The molecular weight excluding hydrogens is 336 g/mol. The Balaban J connectivity index is 2.23. The number of hydrogen-bond acceptors (Lipinski definition) is 2. The molecule has 0 fully saturated rings. The number of nitrogens with one attached hydrogen (secondary N) is 1. The van der Waals surface area contributed by atoms with Crippen LogP contribution in [-0.4, -0.2) is 8.42 Å². The topological polar surface area (TPSA) is 46.2 Å². The summed E-state index contributed by atoms with van der Waals surface area (Å²) in [5.41, 5.74) is 0.676. The summed E-state index contributed by atoms with van der Waals surface area (Å²) >= 11 is 11.7. The maximum absolute atomic E-state index is 12.8. The Bertz CT molecular complexity index is 748. The van der Waals surface area contributed by atoms with Crippen molar-refractivity contribution in [3.05, 3.63) is 63.9 Å². The van der Waals surface area contributed by atoms with Crippen LogP contribution in [0.2, 0.25) is 10.0 Å². The van der Waals surface area contributed by atoms with Gasteiger partial charge in [0.25, 0.3) is 0 Å². The molecule has 0 aliphatic heterocycles. The Kier molecular flexibility index (Phi) is 4.88. The minimum absolute atomic E-state index is 0.00388. The monoisotopic (exact) mass is 347 g/mol. The zero-order chi connectivity index (χ0) is 15.6. The van der Waals surface area contributed by atoms with E-state index in [9.17, 15) is 12.8 Å². The molecule has 21 heavy (non-hydrogen) atoms. The minimum atomic E-state index is -3.74. The van der Waals surface area contributed by atoms with Gasteiger partial charge in [-0.2, -0.15) is 0 Å². The average Bonchev–Trinajstić information content (AvgIpc) is 2.41. The smallest absolute Gasteiger partial charge is 0.207 e. The second kappa shape index (κ2) is 6.32. The normalized spacial score (nSPS) is 13.1. The second-order valence-corrected chi connectivity index (χ2v) is 7.00. The highest BCUT2D eigenvalue weighted by Crippen LogP contribution is 2.26. The standard InChI is InChI=1S/C14H12Cl2FNO2S/c1-9(10-2-7-13(15)14(16)8-10)18-21(19,20)12-5-3-11(17)4-6-12/h2-9,18H,1H3. The van der Waals surface area contributed by atoms with E-state index in [2.05, 4.69) is 4.72 Å². The highest BCUT2D eigenvalue weighted by atomic mass is 35.5. The van der Waals surface area contributed by atoms with Gasteiger partial charge in [0.1, 0.15) is 5.82 Å². The lowest BCUT2D eigenvalue weighted by molar-refractivity contribution is 0.566. The van der Waals surface area contributed by atoms with Crippen LogP contribution in [0.4, 0.5) is 4.39 Å². The van der Waals surface area contributed by atoms with E-state index in [1.165, 1.54) is 12.1 Å². The van der Waals surface area contributed by atoms with Crippen LogP contribution < -0.4 is 4.72 Å². The van der Waals surface area contributed by atoms with Gasteiger partial charge in [-0.3, -0.25) is 0 Å². The Morgan fingerprint density at radius 2 is 1.67 bits per heavy atom. The molecule has 0 radical (unpaired) electrons. The van der Waals surface area contributed by atoms with Crippen molar-refractivity contribution in [3.8, 4) is 0 Å². The maximum Gasteiger partial charge on any atom is 0.241 e. The van der Waals surface area contributed by atoms with Crippen molar-refractivity contribution >= 4 is 33.2 Å². The van der Waals surface area contributed by atoms with Crippen LogP contribution in [0.5, 0.6) is 0 Å². The van der Waals surface area contributed by atoms with Crippen LogP contribution in [0.15, 0.2) is 47.4 Å². The summed E-state index contributed by atoms with van der Waals surface area (Å²) in [7, 11) is -3.74. The molecule has 112 valence electrons. The quantitative estimate of drug-likeness (QED) is 0.901. The molecule has 3 nitrogen and oxygen atoms in total. The first kappa shape index (κ1) is 16.2. The number of hydrogen-bond donors (Lipinski definition) is 1. The number of rotatable bonds is 4. The largest absolute Gasteiger partial charge is 0.241 e. The summed E-state index contributed by atoms with van der Waals surface area (Å²) in [5.74, 6) is -0.494. The highest BCUT2D eigenvalue weighted by Gasteiger charge is 2.18. The summed E-state index contributed by atoms with van der Waals surface area (Å²) in [4.78, 5) is -0.00388. The summed E-state index contributed by atoms with van der Waals surface area (Å²) in [6.45, 7) is 1.68. The van der Waals surface area contributed by atoms with Crippen LogP contribution in [0.25, 0.3) is 0 Å². The molecule has 0 bridgehead atoms. The van der Waals surface area contributed by atoms with Crippen LogP contribution in [0.3, 0.4) is 0 Å². The fourth-order valence-corrected chi connectivity index (χ4v) is 3.30. The van der Waals surface area contributed by atoms with Crippen molar-refractivity contribution in [2.45, 2.75) is 17.9 Å². The summed E-state index contributed by atoms with van der Waals surface area (Å²) in [5, 5.41) is 0.746. The first-order valence-corrected chi connectivity index (χ1v) is 8.26. The average molecular weight is 348 g/mol. The van der Waals surface area contributed by atoms with Gasteiger partial charge in [-0.15, -0.1) is 0 Å². The fourth-order valence-electron chi connectivity index (χ4n) is 1.76. The van der Waals surface area contributed by atoms with Gasteiger partial charge in [0.2, 0.25) is 10.0 Å². The van der Waals surface area contributed by atoms with Gasteiger partial charge in [-0.05, 0) is 48.9 Å². The molecule has 2 rings (SSSR count). The molecule has 0 spiro atoms. The predicted octanol–water partition coefficient (Wildman–Crippen LogP) is 4.17. The molecule has 2 aromatic rings. The van der Waals surface area contributed by atoms with E-state index >= 15 is 0 Å². The van der Waals surface area contributed by atoms with Crippen molar-refractivity contribution in [1.82, 2.24) is 4.72 Å². The van der Waals surface area contributed by atoms with Crippen molar-refractivity contribution in [1.29, 1.82) is 0 Å². The Labute approximate surface area is 132 Å². The number of halogens is 3. The van der Waals surface area contributed by atoms with Crippen molar-refractivity contribution in [2.75, 3.05) is 0 Å². The van der Waals surface area contributed by atoms with E-state index < -0.39 is 21.9 Å². The SMILES string of the molecule is CC(NS(=O)(=O)c1ccc(F)cc1)c1ccc(Cl)c(Cl)c1. The summed E-state index contributed by atoms with van der Waals surface area (Å²) in [6.07, 6.45) is 0. The predicted molar refractivity (Wildman–Crippen MR) is 81.6 cm³/mol. The van der Waals surface area contributed by atoms with Crippen LogP contribution in [0.1, 0.15) is 18.5 Å². The molecule has 7 heteroatoms. The molecule has 1 unspecified atom stereocenters. The third-order valence-corrected chi connectivity index (χ3v) is 5.20. The molecule has 1 N–H and O–H groups in total. The van der Waals surface area contributed by atoms with Gasteiger partial charge in [0, 0.05) is 6.04 Å². The molecule has 1 atom stereocenters. The van der Waals surface area contributed by atoms with E-state index in [4.69, 9.17) is 23.2 Å². The Hall–Kier alpha value is -1.14. The highest BCUT2D eigenvalue weighted by molar-refractivity contribution is 7.89. The number of sulfonamides is 1. The Morgan fingerprint density at radius 3 is 2.24 bits per heavy atom. The zero-order valence-corrected chi connectivity index (χ0v) is 13.3. The molecule has 0 saturated heterocycles. The van der Waals surface area contributed by atoms with Gasteiger partial charge in [0.05, 0.1) is 14.9 Å². The van der Waals surface area contributed by atoms with Crippen molar-refractivity contribution < 1.29 is 12.8 Å². The molecule has 0 heterocycles. The molecule has 0 aliphatic rings. The zero-order valence-electron chi connectivity index (χ0n) is 11.0. The van der Waals surface area contributed by atoms with E-state index in [1.807, 2.05) is 0 Å². The third kappa shape index (κ3) is 3.95. The summed E-state index contributed by atoms with van der Waals surface area (Å²) in [6, 6.07) is 8.99. The number of benzene rings is 2. The van der Waals surface area contributed by atoms with E-state index in [0.29, 0.717) is 15.6 Å². The fraction of sp³-hybridized carbons (Fsp3) is 0.143. The van der Waals surface area contributed by atoms with E-state index in [-0.39, 0.29) is 4.90 Å². The third-order valence-electron chi connectivity index (χ3n) is 2.90. The second-order valence-electron chi connectivity index (χ2n) is 4.47. The summed E-state index contributed by atoms with van der Waals surface area (Å²) < 4.78 is 39.7. The first-order chi connectivity index (χ1) is 9.79. The van der Waals surface area contributed by atoms with Crippen molar-refractivity contribution in [2.24, 2.45) is 0 Å². The molecule has 0 amide bonds. The van der Waals surface area contributed by atoms with Gasteiger partial charge in [-0.1, -0.05) is 29.3 Å². The molecule has 0 saturated carbocycles. The van der Waals surface area contributed by atoms with Crippen molar-refractivity contribution in [3.63, 3.8) is 0 Å². The lowest BCUT2D eigenvalue weighted by Crippen LogP contribution is -2.26. The van der Waals surface area contributed by atoms with Gasteiger partial charge >= 0.3 is 0 Å². The van der Waals surface area contributed by atoms with Crippen LogP contribution >= 0.6 is 23.2 Å². The first-order valence-electron chi connectivity index (χ1n) is 6.02.